The summed E-state index contributed by atoms with van der Waals surface area (Å²) in [4.78, 5) is 13.1. The molecule has 0 bridgehead atoms. The monoisotopic (exact) mass is 430 g/mol. The Bertz CT molecular complexity index is 908. The Hall–Kier alpha value is -1.94. The van der Waals surface area contributed by atoms with Crippen molar-refractivity contribution in [2.45, 2.75) is 5.75 Å². The number of halogens is 1. The molecular weight excluding hydrogens is 412 g/mol. The van der Waals surface area contributed by atoms with Gasteiger partial charge in [0.05, 0.1) is 17.2 Å². The minimum absolute atomic E-state index is 0.0575. The fourth-order valence-electron chi connectivity index (χ4n) is 2.06. The van der Waals surface area contributed by atoms with Gasteiger partial charge in [-0.1, -0.05) is 23.7 Å². The zero-order valence-electron chi connectivity index (χ0n) is 14.8. The van der Waals surface area contributed by atoms with Crippen LogP contribution in [0, 0.1) is 0 Å². The summed E-state index contributed by atoms with van der Waals surface area (Å²) in [5.74, 6) is -0.0575. The van der Waals surface area contributed by atoms with Gasteiger partial charge in [0.25, 0.3) is 0 Å². The first kappa shape index (κ1) is 21.4. The van der Waals surface area contributed by atoms with Crippen LogP contribution in [0.25, 0.3) is 0 Å². The lowest BCUT2D eigenvalue weighted by atomic mass is 10.1. The van der Waals surface area contributed by atoms with E-state index in [-0.39, 0.29) is 19.0 Å². The number of carbonyl (C=O) groups is 1. The highest BCUT2D eigenvalue weighted by atomic mass is 35.5. The third kappa shape index (κ3) is 7.30. The molecule has 10 heteroatoms. The van der Waals surface area contributed by atoms with Crippen molar-refractivity contribution in [2.24, 2.45) is 5.10 Å². The van der Waals surface area contributed by atoms with Crippen LogP contribution < -0.4 is 5.43 Å². The molecule has 2 aromatic rings. The van der Waals surface area contributed by atoms with Crippen LogP contribution in [0.4, 0.5) is 4.79 Å². The topological polar surface area (TPSA) is 94.1 Å². The van der Waals surface area contributed by atoms with Gasteiger partial charge in [0, 0.05) is 28.8 Å². The molecule has 1 aromatic heterocycles. The Balaban J connectivity index is 2.26. The van der Waals surface area contributed by atoms with Gasteiger partial charge in [-0.15, -0.1) is 11.3 Å². The Morgan fingerprint density at radius 3 is 2.52 bits per heavy atom. The van der Waals surface area contributed by atoms with Crippen molar-refractivity contribution < 1.29 is 22.7 Å². The highest BCUT2D eigenvalue weighted by molar-refractivity contribution is 7.90. The number of methoxy groups -OCH3 is 1. The number of hydrogen-bond donors (Lipinski definition) is 1. The van der Waals surface area contributed by atoms with Gasteiger partial charge in [0.15, 0.2) is 9.84 Å². The van der Waals surface area contributed by atoms with Crippen molar-refractivity contribution in [1.82, 2.24) is 5.43 Å². The van der Waals surface area contributed by atoms with Gasteiger partial charge in [0.2, 0.25) is 0 Å². The number of hydrogen-bond acceptors (Lipinski definition) is 7. The van der Waals surface area contributed by atoms with E-state index < -0.39 is 15.9 Å². The first-order valence-electron chi connectivity index (χ1n) is 7.80. The third-order valence-corrected chi connectivity index (χ3v) is 5.56. The van der Waals surface area contributed by atoms with Gasteiger partial charge in [-0.2, -0.15) is 5.10 Å². The first-order chi connectivity index (χ1) is 12.8. The van der Waals surface area contributed by atoms with E-state index in [1.807, 2.05) is 0 Å². The SMILES string of the molecule is COCCOC(=O)NN=C(c1ccc(Cl)cc1)c1ccc(CS(C)(=O)=O)s1. The molecule has 1 aromatic carbocycles. The number of amides is 1. The van der Waals surface area contributed by atoms with Crippen molar-refractivity contribution in [3.05, 3.63) is 56.7 Å². The maximum absolute atomic E-state index is 11.7. The lowest BCUT2D eigenvalue weighted by Crippen LogP contribution is -2.22. The quantitative estimate of drug-likeness (QED) is 0.394. The van der Waals surface area contributed by atoms with Crippen molar-refractivity contribution in [1.29, 1.82) is 0 Å². The summed E-state index contributed by atoms with van der Waals surface area (Å²) in [6, 6.07) is 10.4. The van der Waals surface area contributed by atoms with Gasteiger partial charge in [-0.05, 0) is 24.3 Å². The second kappa shape index (κ2) is 9.84. The summed E-state index contributed by atoms with van der Waals surface area (Å²) in [5, 5.41) is 4.72. The molecule has 0 saturated heterocycles. The highest BCUT2D eigenvalue weighted by Crippen LogP contribution is 2.23. The van der Waals surface area contributed by atoms with Crippen molar-refractivity contribution in [2.75, 3.05) is 26.6 Å². The lowest BCUT2D eigenvalue weighted by Gasteiger charge is -2.07. The van der Waals surface area contributed by atoms with E-state index in [1.54, 1.807) is 36.4 Å². The zero-order chi connectivity index (χ0) is 19.9. The number of thiophene rings is 1. The standard InChI is InChI=1S/C17H19ClN2O5S2/c1-24-9-10-25-17(21)20-19-16(12-3-5-13(18)6-4-12)15-8-7-14(26-15)11-27(2,22)23/h3-8H,9-11H2,1-2H3,(H,20,21). The molecule has 1 heterocycles. The smallest absolute Gasteiger partial charge is 0.427 e. The highest BCUT2D eigenvalue weighted by Gasteiger charge is 2.14. The molecule has 0 spiro atoms. The van der Waals surface area contributed by atoms with Crippen LogP contribution in [-0.4, -0.2) is 46.8 Å². The Morgan fingerprint density at radius 1 is 1.19 bits per heavy atom. The molecule has 146 valence electrons. The first-order valence-corrected chi connectivity index (χ1v) is 11.1. The summed E-state index contributed by atoms with van der Waals surface area (Å²) < 4.78 is 32.7. The van der Waals surface area contributed by atoms with E-state index in [0.29, 0.717) is 26.1 Å². The summed E-state index contributed by atoms with van der Waals surface area (Å²) in [6.07, 6.45) is 0.462. The molecule has 27 heavy (non-hydrogen) atoms. The molecule has 0 fully saturated rings. The Morgan fingerprint density at radius 2 is 1.89 bits per heavy atom. The van der Waals surface area contributed by atoms with Crippen molar-refractivity contribution >= 4 is 44.6 Å². The van der Waals surface area contributed by atoms with Gasteiger partial charge >= 0.3 is 6.09 Å². The molecule has 0 radical (unpaired) electrons. The molecule has 0 unspecified atom stereocenters. The van der Waals surface area contributed by atoms with Crippen LogP contribution in [0.15, 0.2) is 41.5 Å². The summed E-state index contributed by atoms with van der Waals surface area (Å²) in [5.41, 5.74) is 3.52. The Kier molecular flexibility index (Phi) is 7.78. The van der Waals surface area contributed by atoms with E-state index in [0.717, 1.165) is 0 Å². The fraction of sp³-hybridized carbons (Fsp3) is 0.294. The van der Waals surface area contributed by atoms with Crippen LogP contribution >= 0.6 is 22.9 Å². The number of sulfone groups is 1. The number of ether oxygens (including phenoxy) is 2. The molecular formula is C17H19ClN2O5S2. The molecule has 0 saturated carbocycles. The van der Waals surface area contributed by atoms with Gasteiger partial charge in [-0.3, -0.25) is 0 Å². The predicted octanol–water partition coefficient (Wildman–Crippen LogP) is 3.07. The van der Waals surface area contributed by atoms with E-state index >= 15 is 0 Å². The van der Waals surface area contributed by atoms with Gasteiger partial charge in [-0.25, -0.2) is 18.6 Å². The molecule has 2 rings (SSSR count). The Labute approximate surface area is 166 Å². The van der Waals surface area contributed by atoms with Gasteiger partial charge < -0.3 is 9.47 Å². The fourth-order valence-corrected chi connectivity index (χ4v) is 4.49. The molecule has 0 atom stereocenters. The minimum atomic E-state index is -3.15. The van der Waals surface area contributed by atoms with Crippen LogP contribution in [0.1, 0.15) is 15.3 Å². The number of carbonyl (C=O) groups excluding carboxylic acids is 1. The van der Waals surface area contributed by atoms with Crippen LogP contribution in [0.3, 0.4) is 0 Å². The number of benzene rings is 1. The zero-order valence-corrected chi connectivity index (χ0v) is 17.2. The minimum Gasteiger partial charge on any atom is -0.446 e. The molecule has 1 N–H and O–H groups in total. The molecule has 0 aliphatic heterocycles. The summed E-state index contributed by atoms with van der Waals surface area (Å²) in [7, 11) is -1.64. The molecule has 0 aliphatic carbocycles. The predicted molar refractivity (Wildman–Crippen MR) is 106 cm³/mol. The van der Waals surface area contributed by atoms with Crippen molar-refractivity contribution in [3.63, 3.8) is 0 Å². The van der Waals surface area contributed by atoms with E-state index in [2.05, 4.69) is 10.5 Å². The van der Waals surface area contributed by atoms with E-state index in [4.69, 9.17) is 21.1 Å². The number of rotatable bonds is 8. The maximum atomic E-state index is 11.7. The molecule has 1 amide bonds. The summed E-state index contributed by atoms with van der Waals surface area (Å²) in [6.45, 7) is 0.382. The number of hydrazone groups is 1. The largest absolute Gasteiger partial charge is 0.446 e. The van der Waals surface area contributed by atoms with E-state index in [1.165, 1.54) is 24.7 Å². The lowest BCUT2D eigenvalue weighted by molar-refractivity contribution is 0.0988. The van der Waals surface area contributed by atoms with Crippen LogP contribution in [-0.2, 0) is 25.1 Å². The van der Waals surface area contributed by atoms with E-state index in [9.17, 15) is 13.2 Å². The average molecular weight is 431 g/mol. The molecule has 7 nitrogen and oxygen atoms in total. The summed E-state index contributed by atoms with van der Waals surface area (Å²) >= 11 is 7.22. The average Bonchev–Trinajstić information content (AvgIpc) is 3.03. The third-order valence-electron chi connectivity index (χ3n) is 3.20. The van der Waals surface area contributed by atoms with Crippen LogP contribution in [0.2, 0.25) is 5.02 Å². The normalized spacial score (nSPS) is 12.0. The number of nitrogens with zero attached hydrogens (tertiary/aromatic N) is 1. The molecule has 0 aliphatic rings. The maximum Gasteiger partial charge on any atom is 0.427 e. The second-order valence-electron chi connectivity index (χ2n) is 5.54. The second-order valence-corrected chi connectivity index (χ2v) is 9.29. The number of nitrogens with one attached hydrogen (secondary N) is 1. The van der Waals surface area contributed by atoms with Crippen LogP contribution in [0.5, 0.6) is 0 Å². The van der Waals surface area contributed by atoms with Crippen molar-refractivity contribution in [3.8, 4) is 0 Å². The van der Waals surface area contributed by atoms with Gasteiger partial charge in [0.1, 0.15) is 12.3 Å².